The Morgan fingerprint density at radius 2 is 0.590 bits per heavy atom. The number of unbranched alkanes of at least 4 members (excludes halogenated alkanes) is 13. The summed E-state index contributed by atoms with van der Waals surface area (Å²) in [5.74, 6) is -0.468. The average Bonchev–Trinajstić information content (AvgIpc) is 1.75. The van der Waals surface area contributed by atoms with Crippen LogP contribution in [0.5, 0.6) is 0 Å². The van der Waals surface area contributed by atoms with Crippen molar-refractivity contribution in [3.63, 3.8) is 0 Å². The van der Waals surface area contributed by atoms with E-state index in [1.807, 2.05) is 0 Å². The predicted octanol–water partition coefficient (Wildman–Crippen LogP) is -2.61. The SMILES string of the molecule is CCCCCCCCCCCCCCCCOC(=O)c1ccc(-c2cn(C(COCC(COCC(COCC(O)CO)OCC(O)CO)OCC(COCC(O)CO)OCC(O)CO)COCC(COCC(COCC(O)CO)OCC(O)CO)OCC(COCC(O)CO)OCC(O)CO)nn2)cc1. The summed E-state index contributed by atoms with van der Waals surface area (Å²) in [6.45, 7) is -7.72. The van der Waals surface area contributed by atoms with Crippen molar-refractivity contribution in [2.45, 2.75) is 188 Å². The van der Waals surface area contributed by atoms with Crippen molar-refractivity contribution in [1.29, 1.82) is 0 Å². The van der Waals surface area contributed by atoms with Gasteiger partial charge in [-0.2, -0.15) is 0 Å². The van der Waals surface area contributed by atoms with E-state index >= 15 is 0 Å². The molecule has 105 heavy (non-hydrogen) atoms. The number of esters is 1. The van der Waals surface area contributed by atoms with Crippen LogP contribution in [0, 0.1) is 0 Å². The molecule has 0 amide bonds. The summed E-state index contributed by atoms with van der Waals surface area (Å²) < 4.78 is 90.0. The van der Waals surface area contributed by atoms with Crippen molar-refractivity contribution in [3.8, 4) is 11.3 Å². The maximum absolute atomic E-state index is 13.2. The molecule has 0 aliphatic heterocycles. The zero-order chi connectivity index (χ0) is 76.9. The van der Waals surface area contributed by atoms with E-state index in [0.717, 1.165) is 25.7 Å². The second kappa shape index (κ2) is 65.4. The van der Waals surface area contributed by atoms with Gasteiger partial charge < -0.3 is 153 Å². The lowest BCUT2D eigenvalue weighted by Crippen LogP contribution is -2.38. The van der Waals surface area contributed by atoms with Crippen LogP contribution in [-0.4, -0.2) is 393 Å². The number of rotatable bonds is 76. The van der Waals surface area contributed by atoms with Gasteiger partial charge in [0.2, 0.25) is 0 Å². The number of aromatic nitrogens is 3. The topological polar surface area (TPSA) is 510 Å². The third-order valence-corrected chi connectivity index (χ3v) is 15.7. The first kappa shape index (κ1) is 97.7. The summed E-state index contributed by atoms with van der Waals surface area (Å²) in [6, 6.07) is 5.84. The van der Waals surface area contributed by atoms with Gasteiger partial charge in [0.05, 0.1) is 217 Å². The van der Waals surface area contributed by atoms with Gasteiger partial charge in [-0.25, -0.2) is 9.48 Å². The highest BCUT2D eigenvalue weighted by atomic mass is 16.6. The van der Waals surface area contributed by atoms with Crippen molar-refractivity contribution in [2.75, 3.05) is 205 Å². The molecule has 0 spiro atoms. The number of aliphatic hydroxyl groups is 16. The average molecular weight is 1520 g/mol. The van der Waals surface area contributed by atoms with Crippen molar-refractivity contribution in [3.05, 3.63) is 36.0 Å². The molecule has 1 aromatic heterocycles. The first-order chi connectivity index (χ1) is 50.9. The minimum atomic E-state index is -1.28. The van der Waals surface area contributed by atoms with Crippen LogP contribution in [0.2, 0.25) is 0 Å². The molecule has 2 rings (SSSR count). The van der Waals surface area contributed by atoms with Crippen LogP contribution in [0.1, 0.15) is 113 Å². The molecule has 16 N–H and O–H groups in total. The van der Waals surface area contributed by atoms with Crippen molar-refractivity contribution < 1.29 is 158 Å². The first-order valence-corrected chi connectivity index (χ1v) is 36.8. The molecule has 0 aliphatic carbocycles. The highest BCUT2D eigenvalue weighted by molar-refractivity contribution is 5.90. The normalized spacial score (nSPS) is 16.4. The molecule has 0 fully saturated rings. The standard InChI is InChI=1S/C70H129N3O32/c1-2-3-4-5-6-7-8-9-10-11-12-13-14-15-20-99-70(90)53-18-16-52(17-19-53)69-21-73(72-71-69)54(30-91-40-65(104-50-67(102-38-61(88)28-80)48-95-34-57(84)24-76)46-97-44-63(100-36-59(86)26-78)42-93-32-55(82)22-74)31-92-41-66(105-51-68(103-39-62(89)29-81)49-96-35-58(85)25-77)47-98-45-64(101-37-60(87)27-79)43-94-33-56(83)23-75/h16-19,21,54-68,74-89H,2-15,20,22-51H2,1H3. The molecule has 0 radical (unpaired) electrons. The molecule has 2 aromatic rings. The lowest BCUT2D eigenvalue weighted by atomic mass is 10.0. The Bertz CT molecular complexity index is 2170. The van der Waals surface area contributed by atoms with Crippen LogP contribution in [0.25, 0.3) is 11.3 Å². The molecule has 0 saturated carbocycles. The molecule has 14 atom stereocenters. The molecule has 0 aliphatic rings. The van der Waals surface area contributed by atoms with E-state index in [9.17, 15) is 86.5 Å². The Balaban J connectivity index is 2.55. The van der Waals surface area contributed by atoms with Crippen molar-refractivity contribution >= 4 is 5.97 Å². The smallest absolute Gasteiger partial charge is 0.338 e. The Labute approximate surface area is 616 Å². The summed E-state index contributed by atoms with van der Waals surface area (Å²) in [4.78, 5) is 13.2. The second-order valence-electron chi connectivity index (χ2n) is 25.8. The Hall–Kier alpha value is -3.37. The number of aliphatic hydroxyl groups excluding tert-OH is 16. The van der Waals surface area contributed by atoms with E-state index in [2.05, 4.69) is 17.2 Å². The Morgan fingerprint density at radius 3 is 0.895 bits per heavy atom. The highest BCUT2D eigenvalue weighted by Crippen LogP contribution is 2.21. The summed E-state index contributed by atoms with van der Waals surface area (Å²) in [7, 11) is 0. The van der Waals surface area contributed by atoms with Gasteiger partial charge in [-0.15, -0.1) is 5.10 Å². The van der Waals surface area contributed by atoms with Crippen LogP contribution in [0.15, 0.2) is 30.5 Å². The fourth-order valence-corrected chi connectivity index (χ4v) is 9.55. The minimum absolute atomic E-state index is 0.181. The highest BCUT2D eigenvalue weighted by Gasteiger charge is 2.26. The van der Waals surface area contributed by atoms with Gasteiger partial charge in [0.1, 0.15) is 97.2 Å². The van der Waals surface area contributed by atoms with Crippen LogP contribution in [0.3, 0.4) is 0 Å². The van der Waals surface area contributed by atoms with Crippen molar-refractivity contribution in [1.82, 2.24) is 15.0 Å². The second-order valence-corrected chi connectivity index (χ2v) is 25.8. The van der Waals surface area contributed by atoms with Crippen LogP contribution < -0.4 is 0 Å². The third kappa shape index (κ3) is 50.9. The quantitative estimate of drug-likeness (QED) is 0.0238. The van der Waals surface area contributed by atoms with Crippen LogP contribution in [0.4, 0.5) is 0 Å². The summed E-state index contributed by atoms with van der Waals surface area (Å²) in [6.07, 6.45) is 2.96. The van der Waals surface area contributed by atoms with E-state index in [1.54, 1.807) is 30.5 Å². The fraction of sp³-hybridized carbons (Fsp3) is 0.871. The Kier molecular flexibility index (Phi) is 60.8. The van der Waals surface area contributed by atoms with Gasteiger partial charge in [-0.1, -0.05) is 108 Å². The molecule has 1 aromatic carbocycles. The number of ether oxygens (including phenoxy) is 15. The number of hydrogen-bond donors (Lipinski definition) is 16. The van der Waals surface area contributed by atoms with Gasteiger partial charge >= 0.3 is 5.97 Å². The maximum Gasteiger partial charge on any atom is 0.338 e. The zero-order valence-corrected chi connectivity index (χ0v) is 61.4. The summed E-state index contributed by atoms with van der Waals surface area (Å²) in [5.41, 5.74) is 1.31. The van der Waals surface area contributed by atoms with E-state index in [0.29, 0.717) is 23.4 Å². The monoisotopic (exact) mass is 1520 g/mol. The largest absolute Gasteiger partial charge is 0.462 e. The summed E-state index contributed by atoms with van der Waals surface area (Å²) >= 11 is 0. The van der Waals surface area contributed by atoms with Gasteiger partial charge in [0, 0.05) is 5.56 Å². The van der Waals surface area contributed by atoms with Gasteiger partial charge in [0.25, 0.3) is 0 Å². The number of carbonyl (C=O) groups excluding carboxylic acids is 1. The predicted molar refractivity (Wildman–Crippen MR) is 375 cm³/mol. The molecule has 14 unspecified atom stereocenters. The van der Waals surface area contributed by atoms with E-state index in [4.69, 9.17) is 71.1 Å². The van der Waals surface area contributed by atoms with E-state index in [1.165, 1.54) is 68.9 Å². The first-order valence-electron chi connectivity index (χ1n) is 36.8. The molecule has 1 heterocycles. The van der Waals surface area contributed by atoms with Crippen molar-refractivity contribution in [2.24, 2.45) is 0 Å². The summed E-state index contributed by atoms with van der Waals surface area (Å²) in [5, 5.41) is 165. The number of benzene rings is 1. The lowest BCUT2D eigenvalue weighted by molar-refractivity contribution is -0.140. The third-order valence-electron chi connectivity index (χ3n) is 15.7. The number of nitrogens with zero attached hydrogens (tertiary/aromatic N) is 3. The van der Waals surface area contributed by atoms with E-state index < -0.39 is 150 Å². The molecule has 35 heteroatoms. The Morgan fingerprint density at radius 1 is 0.333 bits per heavy atom. The van der Waals surface area contributed by atoms with Gasteiger partial charge in [-0.3, -0.25) is 0 Å². The van der Waals surface area contributed by atoms with Crippen LogP contribution >= 0.6 is 0 Å². The molecule has 616 valence electrons. The number of hydrogen-bond acceptors (Lipinski definition) is 34. The zero-order valence-electron chi connectivity index (χ0n) is 61.4. The van der Waals surface area contributed by atoms with Gasteiger partial charge in [0.15, 0.2) is 0 Å². The molecular formula is C70H129N3O32. The number of carbonyl (C=O) groups is 1. The molecule has 0 bridgehead atoms. The lowest BCUT2D eigenvalue weighted by Gasteiger charge is -2.26. The van der Waals surface area contributed by atoms with Gasteiger partial charge in [-0.05, 0) is 18.6 Å². The molecule has 0 saturated heterocycles. The minimum Gasteiger partial charge on any atom is -0.462 e. The maximum atomic E-state index is 13.2. The molecule has 35 nitrogen and oxygen atoms in total. The fourth-order valence-electron chi connectivity index (χ4n) is 9.55. The molecular weight excluding hydrogens is 1390 g/mol. The van der Waals surface area contributed by atoms with Crippen LogP contribution in [-0.2, 0) is 71.1 Å². The van der Waals surface area contributed by atoms with E-state index in [-0.39, 0.29) is 145 Å².